The summed E-state index contributed by atoms with van der Waals surface area (Å²) in [6.45, 7) is 0. The highest BCUT2D eigenvalue weighted by Crippen LogP contribution is 2.40. The van der Waals surface area contributed by atoms with E-state index in [0.717, 1.165) is 49.5 Å². The zero-order valence-corrected chi connectivity index (χ0v) is 16.9. The van der Waals surface area contributed by atoms with Crippen molar-refractivity contribution in [3.8, 4) is 22.9 Å². The van der Waals surface area contributed by atoms with Gasteiger partial charge < -0.3 is 8.83 Å². The van der Waals surface area contributed by atoms with Crippen LogP contribution in [0.2, 0.25) is 0 Å². The van der Waals surface area contributed by atoms with Gasteiger partial charge in [-0.15, -0.1) is 0 Å². The highest BCUT2D eigenvalue weighted by Gasteiger charge is 2.21. The monoisotopic (exact) mass is 412 g/mol. The zero-order valence-electron chi connectivity index (χ0n) is 16.9. The number of fused-ring (bicyclic) bond motifs is 4. The first-order valence-corrected chi connectivity index (χ1v) is 10.5. The van der Waals surface area contributed by atoms with Gasteiger partial charge in [-0.2, -0.15) is 0 Å². The van der Waals surface area contributed by atoms with Gasteiger partial charge in [-0.05, 0) is 64.0 Å². The summed E-state index contributed by atoms with van der Waals surface area (Å²) in [5.41, 5.74) is 4.90. The first-order chi connectivity index (χ1) is 15.8. The Labute approximate surface area is 182 Å². The zero-order chi connectivity index (χ0) is 21.1. The van der Waals surface area contributed by atoms with Gasteiger partial charge in [0.25, 0.3) is 0 Å². The van der Waals surface area contributed by atoms with Crippen LogP contribution in [0.4, 0.5) is 0 Å². The van der Waals surface area contributed by atoms with E-state index in [2.05, 4.69) is 42.5 Å². The van der Waals surface area contributed by atoms with Crippen molar-refractivity contribution in [1.29, 1.82) is 0 Å². The number of aromatic nitrogens is 2. The molecule has 32 heavy (non-hydrogen) atoms. The third kappa shape index (κ3) is 2.56. The summed E-state index contributed by atoms with van der Waals surface area (Å²) in [4.78, 5) is 9.57. The van der Waals surface area contributed by atoms with Crippen LogP contribution in [0.15, 0.2) is 106 Å². The summed E-state index contributed by atoms with van der Waals surface area (Å²) in [6.07, 6.45) is 0. The van der Waals surface area contributed by atoms with E-state index in [0.29, 0.717) is 11.8 Å². The number of benzene rings is 5. The minimum atomic E-state index is 0.554. The maximum atomic E-state index is 6.23. The molecular formula is C28H16N2O2. The Bertz CT molecular complexity index is 1730. The molecule has 5 aromatic carbocycles. The molecule has 0 aliphatic rings. The van der Waals surface area contributed by atoms with Gasteiger partial charge in [0, 0.05) is 0 Å². The first kappa shape index (κ1) is 17.3. The molecule has 0 unspecified atom stereocenters. The van der Waals surface area contributed by atoms with Crippen LogP contribution in [0.1, 0.15) is 0 Å². The van der Waals surface area contributed by atoms with Gasteiger partial charge in [0.15, 0.2) is 11.2 Å². The topological polar surface area (TPSA) is 52.1 Å². The van der Waals surface area contributed by atoms with Gasteiger partial charge in [-0.25, -0.2) is 9.97 Å². The van der Waals surface area contributed by atoms with Crippen LogP contribution >= 0.6 is 0 Å². The number of hydrogen-bond donors (Lipinski definition) is 0. The summed E-state index contributed by atoms with van der Waals surface area (Å²) in [6, 6.07) is 32.5. The van der Waals surface area contributed by atoms with Gasteiger partial charge in [-0.1, -0.05) is 54.6 Å². The minimum Gasteiger partial charge on any atom is -0.436 e. The van der Waals surface area contributed by atoms with Crippen molar-refractivity contribution in [2.24, 2.45) is 0 Å². The Hall–Kier alpha value is -4.44. The second kappa shape index (κ2) is 6.53. The molecule has 7 aromatic rings. The molecule has 0 amide bonds. The van der Waals surface area contributed by atoms with E-state index in [9.17, 15) is 0 Å². The van der Waals surface area contributed by atoms with Crippen LogP contribution in [0.5, 0.6) is 0 Å². The van der Waals surface area contributed by atoms with E-state index < -0.39 is 0 Å². The van der Waals surface area contributed by atoms with Crippen LogP contribution in [0.3, 0.4) is 0 Å². The lowest BCUT2D eigenvalue weighted by Gasteiger charge is -2.10. The molecular weight excluding hydrogens is 396 g/mol. The predicted octanol–water partition coefficient (Wildman–Crippen LogP) is 7.61. The second-order valence-corrected chi connectivity index (χ2v) is 7.88. The van der Waals surface area contributed by atoms with Crippen LogP contribution < -0.4 is 0 Å². The van der Waals surface area contributed by atoms with Gasteiger partial charge in [-0.3, -0.25) is 0 Å². The molecule has 2 aromatic heterocycles. The molecule has 4 nitrogen and oxygen atoms in total. The van der Waals surface area contributed by atoms with Crippen molar-refractivity contribution < 1.29 is 8.83 Å². The van der Waals surface area contributed by atoms with Crippen molar-refractivity contribution in [1.82, 2.24) is 9.97 Å². The van der Waals surface area contributed by atoms with E-state index >= 15 is 0 Å². The normalized spacial score (nSPS) is 11.8. The Morgan fingerprint density at radius 1 is 0.500 bits per heavy atom. The Balaban J connectivity index is 1.60. The standard InChI is InChI=1S/C28H16N2O2/c1-2-8-18-16-21-19(15-17(18)7-1)13-14-20(27-29-22-9-3-5-11-24(22)31-27)26(21)28-30-23-10-4-6-12-25(23)32-28/h1-16H. The first-order valence-electron chi connectivity index (χ1n) is 10.5. The molecule has 0 fully saturated rings. The lowest BCUT2D eigenvalue weighted by molar-refractivity contribution is 0.612. The SMILES string of the molecule is c1ccc2cc3c(-c4nc5ccccc5o4)c(-c4nc5ccccc5o4)ccc3cc2c1. The highest BCUT2D eigenvalue weighted by atomic mass is 16.4. The summed E-state index contributed by atoms with van der Waals surface area (Å²) in [7, 11) is 0. The van der Waals surface area contributed by atoms with Crippen LogP contribution in [-0.2, 0) is 0 Å². The largest absolute Gasteiger partial charge is 0.436 e. The summed E-state index contributed by atoms with van der Waals surface area (Å²) in [5, 5.41) is 4.51. The average Bonchev–Trinajstić information content (AvgIpc) is 3.46. The summed E-state index contributed by atoms with van der Waals surface area (Å²) in [5.74, 6) is 1.11. The smallest absolute Gasteiger partial charge is 0.228 e. The molecule has 0 saturated carbocycles. The van der Waals surface area contributed by atoms with Crippen molar-refractivity contribution in [3.63, 3.8) is 0 Å². The number of rotatable bonds is 2. The molecule has 0 N–H and O–H groups in total. The van der Waals surface area contributed by atoms with Crippen molar-refractivity contribution in [2.75, 3.05) is 0 Å². The molecule has 0 aliphatic carbocycles. The number of oxazole rings is 2. The van der Waals surface area contributed by atoms with Gasteiger partial charge in [0.05, 0.1) is 11.1 Å². The molecule has 0 bridgehead atoms. The molecule has 0 aliphatic heterocycles. The molecule has 0 spiro atoms. The maximum absolute atomic E-state index is 6.23. The molecule has 0 atom stereocenters. The molecule has 150 valence electrons. The Morgan fingerprint density at radius 2 is 1.09 bits per heavy atom. The predicted molar refractivity (Wildman–Crippen MR) is 127 cm³/mol. The number of nitrogens with zero attached hydrogens (tertiary/aromatic N) is 2. The van der Waals surface area contributed by atoms with Crippen LogP contribution in [-0.4, -0.2) is 9.97 Å². The Kier molecular flexibility index (Phi) is 3.52. The van der Waals surface area contributed by atoms with Gasteiger partial charge in [0.1, 0.15) is 11.0 Å². The Morgan fingerprint density at radius 3 is 1.81 bits per heavy atom. The third-order valence-corrected chi connectivity index (χ3v) is 5.92. The number of para-hydroxylation sites is 4. The lowest BCUT2D eigenvalue weighted by Crippen LogP contribution is -1.89. The van der Waals surface area contributed by atoms with E-state index in [-0.39, 0.29) is 0 Å². The fourth-order valence-electron chi connectivity index (χ4n) is 4.39. The van der Waals surface area contributed by atoms with E-state index in [1.807, 2.05) is 54.6 Å². The van der Waals surface area contributed by atoms with Gasteiger partial charge in [0.2, 0.25) is 11.8 Å². The highest BCUT2D eigenvalue weighted by molar-refractivity contribution is 6.08. The third-order valence-electron chi connectivity index (χ3n) is 5.92. The lowest BCUT2D eigenvalue weighted by atomic mass is 9.95. The fraction of sp³-hybridized carbons (Fsp3) is 0. The van der Waals surface area contributed by atoms with Crippen molar-refractivity contribution in [2.45, 2.75) is 0 Å². The van der Waals surface area contributed by atoms with Crippen molar-refractivity contribution >= 4 is 43.7 Å². The molecule has 7 rings (SSSR count). The minimum absolute atomic E-state index is 0.554. The molecule has 4 heteroatoms. The summed E-state index contributed by atoms with van der Waals surface area (Å²) < 4.78 is 12.4. The molecule has 2 heterocycles. The van der Waals surface area contributed by atoms with Crippen LogP contribution in [0, 0.1) is 0 Å². The van der Waals surface area contributed by atoms with E-state index in [1.54, 1.807) is 0 Å². The quantitative estimate of drug-likeness (QED) is 0.274. The summed E-state index contributed by atoms with van der Waals surface area (Å²) >= 11 is 0. The van der Waals surface area contributed by atoms with Crippen LogP contribution in [0.25, 0.3) is 66.7 Å². The van der Waals surface area contributed by atoms with E-state index in [4.69, 9.17) is 18.8 Å². The molecule has 0 radical (unpaired) electrons. The second-order valence-electron chi connectivity index (χ2n) is 7.88. The van der Waals surface area contributed by atoms with Crippen molar-refractivity contribution in [3.05, 3.63) is 97.1 Å². The van der Waals surface area contributed by atoms with E-state index in [1.165, 1.54) is 5.39 Å². The maximum Gasteiger partial charge on any atom is 0.228 e. The number of hydrogen-bond acceptors (Lipinski definition) is 4. The fourth-order valence-corrected chi connectivity index (χ4v) is 4.39. The van der Waals surface area contributed by atoms with Gasteiger partial charge >= 0.3 is 0 Å². The average molecular weight is 412 g/mol. The molecule has 0 saturated heterocycles.